The van der Waals surface area contributed by atoms with Gasteiger partial charge in [0.05, 0.1) is 6.61 Å². The largest absolute Gasteiger partial charge is 0.494 e. The van der Waals surface area contributed by atoms with E-state index in [9.17, 15) is 13.6 Å². The minimum Gasteiger partial charge on any atom is -0.494 e. The third-order valence-corrected chi connectivity index (χ3v) is 3.51. The van der Waals surface area contributed by atoms with Crippen molar-refractivity contribution in [1.29, 1.82) is 0 Å². The van der Waals surface area contributed by atoms with Gasteiger partial charge in [-0.05, 0) is 61.2 Å². The van der Waals surface area contributed by atoms with Crippen molar-refractivity contribution in [2.45, 2.75) is 25.7 Å². The van der Waals surface area contributed by atoms with Crippen LogP contribution in [-0.2, 0) is 11.2 Å². The summed E-state index contributed by atoms with van der Waals surface area (Å²) in [6, 6.07) is 12.2. The molecule has 1 N–H and O–H groups in total. The molecule has 0 unspecified atom stereocenters. The van der Waals surface area contributed by atoms with E-state index < -0.39 is 0 Å². The monoisotopic (exact) mass is 333 g/mol. The number of rotatable bonds is 9. The van der Waals surface area contributed by atoms with E-state index in [2.05, 4.69) is 5.32 Å². The number of halogens is 2. The lowest BCUT2D eigenvalue weighted by molar-refractivity contribution is -0.121. The summed E-state index contributed by atoms with van der Waals surface area (Å²) in [5.74, 6) is 0.0653. The second-order valence-corrected chi connectivity index (χ2v) is 5.49. The fourth-order valence-corrected chi connectivity index (χ4v) is 2.21. The van der Waals surface area contributed by atoms with Crippen LogP contribution in [0.2, 0.25) is 0 Å². The van der Waals surface area contributed by atoms with Crippen LogP contribution >= 0.6 is 0 Å². The second-order valence-electron chi connectivity index (χ2n) is 5.49. The molecule has 2 aromatic rings. The van der Waals surface area contributed by atoms with Crippen molar-refractivity contribution in [3.8, 4) is 5.75 Å². The first kappa shape index (κ1) is 17.9. The average Bonchev–Trinajstić information content (AvgIpc) is 2.58. The molecule has 3 nitrogen and oxygen atoms in total. The summed E-state index contributed by atoms with van der Waals surface area (Å²) < 4.78 is 30.9. The molecular formula is C19H21F2NO2. The molecule has 2 aromatic carbocycles. The third kappa shape index (κ3) is 6.77. The number of aryl methyl sites for hydroxylation is 1. The Morgan fingerprint density at radius 2 is 1.54 bits per heavy atom. The van der Waals surface area contributed by atoms with Gasteiger partial charge in [-0.1, -0.05) is 12.1 Å². The maximum atomic E-state index is 12.8. The maximum absolute atomic E-state index is 12.8. The Morgan fingerprint density at radius 3 is 2.21 bits per heavy atom. The molecule has 2 rings (SSSR count). The van der Waals surface area contributed by atoms with E-state index in [-0.39, 0.29) is 17.5 Å². The zero-order valence-corrected chi connectivity index (χ0v) is 13.4. The molecule has 0 aromatic heterocycles. The molecular weight excluding hydrogens is 312 g/mol. The van der Waals surface area contributed by atoms with E-state index in [0.29, 0.717) is 31.7 Å². The van der Waals surface area contributed by atoms with Crippen LogP contribution in [-0.4, -0.2) is 19.1 Å². The molecule has 0 bridgehead atoms. The molecule has 0 heterocycles. The van der Waals surface area contributed by atoms with Crippen LogP contribution < -0.4 is 10.1 Å². The Morgan fingerprint density at radius 1 is 0.917 bits per heavy atom. The van der Waals surface area contributed by atoms with Gasteiger partial charge in [-0.2, -0.15) is 0 Å². The second kappa shape index (κ2) is 9.65. The van der Waals surface area contributed by atoms with E-state index in [4.69, 9.17) is 4.74 Å². The molecule has 5 heteroatoms. The molecule has 0 saturated heterocycles. The van der Waals surface area contributed by atoms with Gasteiger partial charge in [0.15, 0.2) is 0 Å². The lowest BCUT2D eigenvalue weighted by Crippen LogP contribution is -2.25. The van der Waals surface area contributed by atoms with Gasteiger partial charge < -0.3 is 10.1 Å². The maximum Gasteiger partial charge on any atom is 0.220 e. The SMILES string of the molecule is O=C(CCCc1ccc(F)cc1)NCCCOc1ccc(F)cc1. The van der Waals surface area contributed by atoms with Gasteiger partial charge in [-0.25, -0.2) is 8.78 Å². The highest BCUT2D eigenvalue weighted by atomic mass is 19.1. The molecule has 0 spiro atoms. The summed E-state index contributed by atoms with van der Waals surface area (Å²) in [5, 5.41) is 2.83. The molecule has 0 fully saturated rings. The minimum absolute atomic E-state index is 0.00102. The van der Waals surface area contributed by atoms with Crippen LogP contribution in [0.5, 0.6) is 5.75 Å². The van der Waals surface area contributed by atoms with Crippen LogP contribution in [0.4, 0.5) is 8.78 Å². The lowest BCUT2D eigenvalue weighted by Gasteiger charge is -2.07. The average molecular weight is 333 g/mol. The number of hydrogen-bond acceptors (Lipinski definition) is 2. The number of hydrogen-bond donors (Lipinski definition) is 1. The van der Waals surface area contributed by atoms with Gasteiger partial charge in [0.25, 0.3) is 0 Å². The van der Waals surface area contributed by atoms with Crippen molar-refractivity contribution >= 4 is 5.91 Å². The van der Waals surface area contributed by atoms with Crippen molar-refractivity contribution in [3.63, 3.8) is 0 Å². The van der Waals surface area contributed by atoms with Crippen LogP contribution in [0.25, 0.3) is 0 Å². The molecule has 0 atom stereocenters. The molecule has 0 saturated carbocycles. The van der Waals surface area contributed by atoms with E-state index in [1.54, 1.807) is 24.3 Å². The van der Waals surface area contributed by atoms with Gasteiger partial charge >= 0.3 is 0 Å². The van der Waals surface area contributed by atoms with E-state index in [1.807, 2.05) is 0 Å². The first-order valence-electron chi connectivity index (χ1n) is 8.03. The van der Waals surface area contributed by atoms with Crippen LogP contribution in [0.1, 0.15) is 24.8 Å². The Kier molecular flexibility index (Phi) is 7.21. The number of ether oxygens (including phenoxy) is 1. The van der Waals surface area contributed by atoms with Crippen LogP contribution in [0.3, 0.4) is 0 Å². The summed E-state index contributed by atoms with van der Waals surface area (Å²) in [4.78, 5) is 11.7. The highest BCUT2D eigenvalue weighted by Crippen LogP contribution is 2.11. The van der Waals surface area contributed by atoms with Crippen molar-refractivity contribution in [3.05, 3.63) is 65.7 Å². The number of nitrogens with one attached hydrogen (secondary N) is 1. The Hall–Kier alpha value is -2.43. The smallest absolute Gasteiger partial charge is 0.220 e. The Labute approximate surface area is 140 Å². The molecule has 0 aliphatic rings. The fraction of sp³-hybridized carbons (Fsp3) is 0.316. The molecule has 24 heavy (non-hydrogen) atoms. The van der Waals surface area contributed by atoms with Gasteiger partial charge in [0.1, 0.15) is 17.4 Å². The predicted octanol–water partition coefficient (Wildman–Crippen LogP) is 3.87. The zero-order valence-electron chi connectivity index (χ0n) is 13.4. The molecule has 1 amide bonds. The van der Waals surface area contributed by atoms with Crippen molar-refractivity contribution in [2.75, 3.05) is 13.2 Å². The Bertz CT molecular complexity index is 627. The van der Waals surface area contributed by atoms with Crippen molar-refractivity contribution < 1.29 is 18.3 Å². The number of carbonyl (C=O) groups is 1. The van der Waals surface area contributed by atoms with Crippen molar-refractivity contribution in [1.82, 2.24) is 5.32 Å². The molecule has 0 aliphatic carbocycles. The summed E-state index contributed by atoms with van der Waals surface area (Å²) in [7, 11) is 0. The van der Waals surface area contributed by atoms with Gasteiger partial charge in [-0.15, -0.1) is 0 Å². The summed E-state index contributed by atoms with van der Waals surface area (Å²) in [5.41, 5.74) is 1.02. The molecule has 0 aliphatic heterocycles. The van der Waals surface area contributed by atoms with Gasteiger partial charge in [0, 0.05) is 13.0 Å². The van der Waals surface area contributed by atoms with E-state index in [1.165, 1.54) is 24.3 Å². The minimum atomic E-state index is -0.296. The van der Waals surface area contributed by atoms with Gasteiger partial charge in [0.2, 0.25) is 5.91 Å². The normalized spacial score (nSPS) is 10.4. The van der Waals surface area contributed by atoms with E-state index >= 15 is 0 Å². The van der Waals surface area contributed by atoms with E-state index in [0.717, 1.165) is 18.4 Å². The number of amides is 1. The standard InChI is InChI=1S/C19H21F2NO2/c20-16-7-5-15(6-8-16)3-1-4-19(23)22-13-2-14-24-18-11-9-17(21)10-12-18/h5-12H,1-4,13-14H2,(H,22,23). The summed E-state index contributed by atoms with van der Waals surface area (Å²) in [6.07, 6.45) is 2.60. The third-order valence-electron chi connectivity index (χ3n) is 3.51. The van der Waals surface area contributed by atoms with Gasteiger partial charge in [-0.3, -0.25) is 4.79 Å². The first-order chi connectivity index (χ1) is 11.6. The first-order valence-corrected chi connectivity index (χ1v) is 8.03. The number of carbonyl (C=O) groups excluding carboxylic acids is 1. The number of benzene rings is 2. The lowest BCUT2D eigenvalue weighted by atomic mass is 10.1. The topological polar surface area (TPSA) is 38.3 Å². The highest BCUT2D eigenvalue weighted by molar-refractivity contribution is 5.75. The Balaban J connectivity index is 1.51. The fourth-order valence-electron chi connectivity index (χ4n) is 2.21. The van der Waals surface area contributed by atoms with Crippen LogP contribution in [0, 0.1) is 11.6 Å². The molecule has 128 valence electrons. The zero-order chi connectivity index (χ0) is 17.2. The van der Waals surface area contributed by atoms with Crippen LogP contribution in [0.15, 0.2) is 48.5 Å². The molecule has 0 radical (unpaired) electrons. The highest BCUT2D eigenvalue weighted by Gasteiger charge is 2.02. The predicted molar refractivity (Wildman–Crippen MR) is 88.9 cm³/mol. The summed E-state index contributed by atoms with van der Waals surface area (Å²) in [6.45, 7) is 0.998. The summed E-state index contributed by atoms with van der Waals surface area (Å²) >= 11 is 0. The quantitative estimate of drug-likeness (QED) is 0.708. The van der Waals surface area contributed by atoms with Crippen molar-refractivity contribution in [2.24, 2.45) is 0 Å².